The zero-order chi connectivity index (χ0) is 16.6. The van der Waals surface area contributed by atoms with Gasteiger partial charge in [-0.2, -0.15) is 0 Å². The third-order valence-electron chi connectivity index (χ3n) is 2.86. The predicted molar refractivity (Wildman–Crippen MR) is 87.7 cm³/mol. The second-order valence-corrected chi connectivity index (χ2v) is 4.81. The minimum atomic E-state index is -0.682. The molecule has 122 valence electrons. The Bertz CT molecular complexity index is 426. The van der Waals surface area contributed by atoms with Crippen molar-refractivity contribution in [3.05, 3.63) is 48.6 Å². The molecule has 4 heteroatoms. The van der Waals surface area contributed by atoms with Crippen LogP contribution in [0.3, 0.4) is 0 Å². The van der Waals surface area contributed by atoms with Gasteiger partial charge in [0.15, 0.2) is 0 Å². The van der Waals surface area contributed by atoms with Crippen LogP contribution in [0.5, 0.6) is 0 Å². The van der Waals surface area contributed by atoms with E-state index in [1.54, 1.807) is 0 Å². The van der Waals surface area contributed by atoms with Crippen LogP contribution in [0.1, 0.15) is 44.6 Å². The van der Waals surface area contributed by atoms with Crippen molar-refractivity contribution in [2.24, 2.45) is 0 Å². The van der Waals surface area contributed by atoms with Gasteiger partial charge in [0.1, 0.15) is 0 Å². The fourth-order valence-corrected chi connectivity index (χ4v) is 1.68. The molecule has 1 aromatic carbocycles. The SMILES string of the molecule is C=CC(=O)OCCCc1ccccc1.CCCCCC(=O)O. The average molecular weight is 306 g/mol. The monoisotopic (exact) mass is 306 g/mol. The van der Waals surface area contributed by atoms with Gasteiger partial charge in [-0.3, -0.25) is 4.79 Å². The molecule has 1 aromatic rings. The van der Waals surface area contributed by atoms with Gasteiger partial charge in [0.05, 0.1) is 6.61 Å². The molecule has 0 aliphatic carbocycles. The molecule has 22 heavy (non-hydrogen) atoms. The summed E-state index contributed by atoms with van der Waals surface area (Å²) in [5.74, 6) is -1.03. The molecular formula is C18H26O4. The first kappa shape index (κ1) is 19.9. The molecule has 1 rings (SSSR count). The van der Waals surface area contributed by atoms with Gasteiger partial charge in [-0.25, -0.2) is 4.79 Å². The van der Waals surface area contributed by atoms with E-state index in [1.165, 1.54) is 11.6 Å². The van der Waals surface area contributed by atoms with Crippen molar-refractivity contribution in [1.82, 2.24) is 0 Å². The highest BCUT2D eigenvalue weighted by Gasteiger charge is 1.95. The van der Waals surface area contributed by atoms with E-state index in [0.29, 0.717) is 13.0 Å². The van der Waals surface area contributed by atoms with Gasteiger partial charge in [-0.05, 0) is 24.8 Å². The minimum Gasteiger partial charge on any atom is -0.481 e. The number of benzene rings is 1. The van der Waals surface area contributed by atoms with Crippen LogP contribution >= 0.6 is 0 Å². The van der Waals surface area contributed by atoms with Crippen molar-refractivity contribution >= 4 is 11.9 Å². The summed E-state index contributed by atoms with van der Waals surface area (Å²) in [6.45, 7) is 5.84. The molecule has 0 saturated heterocycles. The lowest BCUT2D eigenvalue weighted by atomic mass is 10.1. The fourth-order valence-electron chi connectivity index (χ4n) is 1.68. The Balaban J connectivity index is 0.000000472. The first-order chi connectivity index (χ1) is 10.6. The lowest BCUT2D eigenvalue weighted by Crippen LogP contribution is -2.02. The molecule has 0 heterocycles. The molecule has 0 aromatic heterocycles. The summed E-state index contributed by atoms with van der Waals surface area (Å²) in [6.07, 6.45) is 6.25. The lowest BCUT2D eigenvalue weighted by Gasteiger charge is -2.01. The second kappa shape index (κ2) is 13.9. The molecule has 0 amide bonds. The summed E-state index contributed by atoms with van der Waals surface area (Å²) < 4.78 is 4.86. The number of carboxylic acids is 1. The van der Waals surface area contributed by atoms with E-state index in [-0.39, 0.29) is 5.97 Å². The van der Waals surface area contributed by atoms with Gasteiger partial charge >= 0.3 is 11.9 Å². The number of carbonyl (C=O) groups is 2. The number of unbranched alkanes of at least 4 members (excludes halogenated alkanes) is 2. The molecule has 0 unspecified atom stereocenters. The molecule has 0 fully saturated rings. The largest absolute Gasteiger partial charge is 0.481 e. The van der Waals surface area contributed by atoms with Crippen LogP contribution in [0.15, 0.2) is 43.0 Å². The van der Waals surface area contributed by atoms with Crippen molar-refractivity contribution in [3.63, 3.8) is 0 Å². The summed E-state index contributed by atoms with van der Waals surface area (Å²) in [6, 6.07) is 10.1. The number of aryl methyl sites for hydroxylation is 1. The van der Waals surface area contributed by atoms with Crippen molar-refractivity contribution in [3.8, 4) is 0 Å². The quantitative estimate of drug-likeness (QED) is 0.425. The topological polar surface area (TPSA) is 63.6 Å². The van der Waals surface area contributed by atoms with E-state index in [9.17, 15) is 9.59 Å². The highest BCUT2D eigenvalue weighted by atomic mass is 16.5. The molecule has 0 spiro atoms. The Labute approximate surface area is 132 Å². The van der Waals surface area contributed by atoms with Crippen LogP contribution < -0.4 is 0 Å². The van der Waals surface area contributed by atoms with Crippen LogP contribution in [0.25, 0.3) is 0 Å². The number of rotatable bonds is 9. The fraction of sp³-hybridized carbons (Fsp3) is 0.444. The summed E-state index contributed by atoms with van der Waals surface area (Å²) in [7, 11) is 0. The Morgan fingerprint density at radius 2 is 1.86 bits per heavy atom. The van der Waals surface area contributed by atoms with Gasteiger partial charge in [0, 0.05) is 12.5 Å². The van der Waals surface area contributed by atoms with E-state index < -0.39 is 5.97 Å². The minimum absolute atomic E-state index is 0.327. The van der Waals surface area contributed by atoms with Crippen LogP contribution in [-0.4, -0.2) is 23.7 Å². The molecular weight excluding hydrogens is 280 g/mol. The van der Waals surface area contributed by atoms with Crippen LogP contribution in [0.4, 0.5) is 0 Å². The normalized spacial score (nSPS) is 9.32. The van der Waals surface area contributed by atoms with E-state index in [4.69, 9.17) is 9.84 Å². The Kier molecular flexibility index (Phi) is 12.5. The maximum absolute atomic E-state index is 10.7. The number of hydrogen-bond acceptors (Lipinski definition) is 3. The molecule has 0 radical (unpaired) electrons. The van der Waals surface area contributed by atoms with Gasteiger partial charge in [0.25, 0.3) is 0 Å². The highest BCUT2D eigenvalue weighted by molar-refractivity contribution is 5.81. The van der Waals surface area contributed by atoms with Crippen LogP contribution in [-0.2, 0) is 20.7 Å². The second-order valence-electron chi connectivity index (χ2n) is 4.81. The maximum atomic E-state index is 10.7. The molecule has 0 atom stereocenters. The standard InChI is InChI=1S/C12H14O2.C6H12O2/c1-2-12(13)14-10-6-9-11-7-4-3-5-8-11;1-2-3-4-5-6(7)8/h2-5,7-8H,1,6,9-10H2;2-5H2,1H3,(H,7,8). The number of ether oxygens (including phenoxy) is 1. The van der Waals surface area contributed by atoms with Crippen LogP contribution in [0, 0.1) is 0 Å². The smallest absolute Gasteiger partial charge is 0.330 e. The lowest BCUT2D eigenvalue weighted by molar-refractivity contribution is -0.138. The van der Waals surface area contributed by atoms with Gasteiger partial charge in [-0.1, -0.05) is 56.7 Å². The van der Waals surface area contributed by atoms with E-state index >= 15 is 0 Å². The Hall–Kier alpha value is -2.10. The maximum Gasteiger partial charge on any atom is 0.330 e. The van der Waals surface area contributed by atoms with Crippen molar-refractivity contribution < 1.29 is 19.4 Å². The summed E-state index contributed by atoms with van der Waals surface area (Å²) in [5, 5.41) is 8.14. The Morgan fingerprint density at radius 1 is 1.18 bits per heavy atom. The molecule has 1 N–H and O–H groups in total. The first-order valence-electron chi connectivity index (χ1n) is 7.65. The van der Waals surface area contributed by atoms with E-state index in [0.717, 1.165) is 32.1 Å². The van der Waals surface area contributed by atoms with E-state index in [1.807, 2.05) is 18.2 Å². The van der Waals surface area contributed by atoms with Gasteiger partial charge in [0.2, 0.25) is 0 Å². The molecule has 0 saturated carbocycles. The highest BCUT2D eigenvalue weighted by Crippen LogP contribution is 2.02. The van der Waals surface area contributed by atoms with E-state index in [2.05, 4.69) is 25.6 Å². The summed E-state index contributed by atoms with van der Waals surface area (Å²) in [4.78, 5) is 20.6. The summed E-state index contributed by atoms with van der Waals surface area (Å²) >= 11 is 0. The zero-order valence-electron chi connectivity index (χ0n) is 13.3. The summed E-state index contributed by atoms with van der Waals surface area (Å²) in [5.41, 5.74) is 1.27. The first-order valence-corrected chi connectivity index (χ1v) is 7.65. The van der Waals surface area contributed by atoms with Gasteiger partial charge in [-0.15, -0.1) is 0 Å². The third-order valence-corrected chi connectivity index (χ3v) is 2.86. The Morgan fingerprint density at radius 3 is 2.41 bits per heavy atom. The number of hydrogen-bond donors (Lipinski definition) is 1. The zero-order valence-corrected chi connectivity index (χ0v) is 13.3. The van der Waals surface area contributed by atoms with Crippen molar-refractivity contribution in [2.45, 2.75) is 45.4 Å². The molecule has 4 nitrogen and oxygen atoms in total. The number of carbonyl (C=O) groups excluding carboxylic acids is 1. The average Bonchev–Trinajstić information content (AvgIpc) is 2.53. The van der Waals surface area contributed by atoms with Crippen molar-refractivity contribution in [2.75, 3.05) is 6.61 Å². The van der Waals surface area contributed by atoms with Gasteiger partial charge < -0.3 is 9.84 Å². The number of aliphatic carboxylic acids is 1. The number of carboxylic acid groups (broad SMARTS) is 1. The van der Waals surface area contributed by atoms with Crippen LogP contribution in [0.2, 0.25) is 0 Å². The molecule has 0 aliphatic heterocycles. The predicted octanol–water partition coefficient (Wildman–Crippen LogP) is 4.00. The number of esters is 1. The molecule has 0 bridgehead atoms. The third kappa shape index (κ3) is 12.9. The molecule has 0 aliphatic rings. The van der Waals surface area contributed by atoms with Crippen molar-refractivity contribution in [1.29, 1.82) is 0 Å².